The summed E-state index contributed by atoms with van der Waals surface area (Å²) in [6.45, 7) is 0. The smallest absolute Gasteiger partial charge is 0.307 e. The van der Waals surface area contributed by atoms with Crippen molar-refractivity contribution in [3.05, 3.63) is 42.0 Å². The molecule has 16 heavy (non-hydrogen) atoms. The van der Waals surface area contributed by atoms with Gasteiger partial charge in [0, 0.05) is 6.42 Å². The fourth-order valence-electron chi connectivity index (χ4n) is 1.35. The fraction of sp³-hybridized carbons (Fsp3) is 0.214. The average molecular weight is 214 g/mol. The van der Waals surface area contributed by atoms with E-state index in [1.54, 1.807) is 0 Å². The standard InChI is InChI=1S/C14H14O2/c1-2-7-13(14(15)16)11-6-10-12-8-4-3-5-9-12/h1,3-6,8-10,13H,7,11H2,(H,15,16). The molecule has 0 fully saturated rings. The van der Waals surface area contributed by atoms with Crippen LogP contribution in [0.1, 0.15) is 18.4 Å². The summed E-state index contributed by atoms with van der Waals surface area (Å²) < 4.78 is 0. The molecule has 1 atom stereocenters. The summed E-state index contributed by atoms with van der Waals surface area (Å²) in [7, 11) is 0. The van der Waals surface area contributed by atoms with Crippen molar-refractivity contribution >= 4 is 12.0 Å². The molecule has 0 aliphatic heterocycles. The third-order valence-corrected chi connectivity index (χ3v) is 2.24. The summed E-state index contributed by atoms with van der Waals surface area (Å²) in [4.78, 5) is 10.8. The molecule has 1 rings (SSSR count). The highest BCUT2D eigenvalue weighted by molar-refractivity contribution is 5.70. The van der Waals surface area contributed by atoms with E-state index in [9.17, 15) is 4.79 Å². The van der Waals surface area contributed by atoms with E-state index in [4.69, 9.17) is 11.5 Å². The second kappa shape index (κ2) is 6.47. The zero-order chi connectivity index (χ0) is 11.8. The van der Waals surface area contributed by atoms with Crippen LogP contribution in [-0.2, 0) is 4.79 Å². The number of terminal acetylenes is 1. The van der Waals surface area contributed by atoms with E-state index in [0.29, 0.717) is 6.42 Å². The summed E-state index contributed by atoms with van der Waals surface area (Å²) >= 11 is 0. The second-order valence-electron chi connectivity index (χ2n) is 3.49. The Bertz CT molecular complexity index is 398. The van der Waals surface area contributed by atoms with Crippen molar-refractivity contribution in [2.24, 2.45) is 5.92 Å². The first-order chi connectivity index (χ1) is 7.74. The van der Waals surface area contributed by atoms with Crippen LogP contribution in [0.5, 0.6) is 0 Å². The normalized spacial score (nSPS) is 12.2. The Morgan fingerprint density at radius 3 is 2.69 bits per heavy atom. The van der Waals surface area contributed by atoms with Crippen molar-refractivity contribution in [3.63, 3.8) is 0 Å². The van der Waals surface area contributed by atoms with Gasteiger partial charge in [-0.15, -0.1) is 12.3 Å². The summed E-state index contributed by atoms with van der Waals surface area (Å²) in [5, 5.41) is 8.87. The molecule has 1 aromatic rings. The molecule has 2 nitrogen and oxygen atoms in total. The van der Waals surface area contributed by atoms with E-state index in [2.05, 4.69) is 5.92 Å². The number of carboxylic acid groups (broad SMARTS) is 1. The van der Waals surface area contributed by atoms with Gasteiger partial charge in [0.05, 0.1) is 5.92 Å². The lowest BCUT2D eigenvalue weighted by molar-refractivity contribution is -0.141. The van der Waals surface area contributed by atoms with Crippen LogP contribution in [0.4, 0.5) is 0 Å². The molecule has 0 aromatic heterocycles. The quantitative estimate of drug-likeness (QED) is 0.765. The monoisotopic (exact) mass is 214 g/mol. The number of hydrogen-bond donors (Lipinski definition) is 1. The van der Waals surface area contributed by atoms with E-state index < -0.39 is 11.9 Å². The van der Waals surface area contributed by atoms with Crippen molar-refractivity contribution in [1.82, 2.24) is 0 Å². The number of aliphatic carboxylic acids is 1. The maximum Gasteiger partial charge on any atom is 0.307 e. The Morgan fingerprint density at radius 1 is 1.44 bits per heavy atom. The lowest BCUT2D eigenvalue weighted by Crippen LogP contribution is -2.11. The maximum absolute atomic E-state index is 10.8. The average Bonchev–Trinajstić information content (AvgIpc) is 2.29. The van der Waals surface area contributed by atoms with Crippen LogP contribution in [0.2, 0.25) is 0 Å². The highest BCUT2D eigenvalue weighted by Crippen LogP contribution is 2.11. The molecule has 2 heteroatoms. The molecule has 1 unspecified atom stereocenters. The predicted molar refractivity (Wildman–Crippen MR) is 64.7 cm³/mol. The molecule has 0 saturated heterocycles. The molecule has 0 bridgehead atoms. The first-order valence-electron chi connectivity index (χ1n) is 5.12. The van der Waals surface area contributed by atoms with Crippen molar-refractivity contribution in [1.29, 1.82) is 0 Å². The summed E-state index contributed by atoms with van der Waals surface area (Å²) in [6, 6.07) is 9.75. The topological polar surface area (TPSA) is 37.3 Å². The SMILES string of the molecule is C#CCC(CC=Cc1ccccc1)C(=O)O. The van der Waals surface area contributed by atoms with Gasteiger partial charge in [-0.25, -0.2) is 0 Å². The van der Waals surface area contributed by atoms with Crippen LogP contribution >= 0.6 is 0 Å². The highest BCUT2D eigenvalue weighted by Gasteiger charge is 2.13. The predicted octanol–water partition coefficient (Wildman–Crippen LogP) is 2.81. The van der Waals surface area contributed by atoms with Gasteiger partial charge in [-0.1, -0.05) is 42.5 Å². The van der Waals surface area contributed by atoms with Crippen LogP contribution in [0.25, 0.3) is 6.08 Å². The van der Waals surface area contributed by atoms with Gasteiger partial charge in [0.1, 0.15) is 0 Å². The summed E-state index contributed by atoms with van der Waals surface area (Å²) in [5.41, 5.74) is 1.06. The number of hydrogen-bond acceptors (Lipinski definition) is 1. The van der Waals surface area contributed by atoms with Gasteiger partial charge < -0.3 is 5.11 Å². The summed E-state index contributed by atoms with van der Waals surface area (Å²) in [6.07, 6.45) is 9.61. The molecule has 82 valence electrons. The third-order valence-electron chi connectivity index (χ3n) is 2.24. The number of carboxylic acids is 1. The van der Waals surface area contributed by atoms with Gasteiger partial charge in [-0.05, 0) is 12.0 Å². The molecular weight excluding hydrogens is 200 g/mol. The Hall–Kier alpha value is -2.01. The molecular formula is C14H14O2. The van der Waals surface area contributed by atoms with Gasteiger partial charge in [0.2, 0.25) is 0 Å². The minimum atomic E-state index is -0.837. The maximum atomic E-state index is 10.8. The zero-order valence-corrected chi connectivity index (χ0v) is 8.97. The molecule has 0 aliphatic rings. The van der Waals surface area contributed by atoms with E-state index in [-0.39, 0.29) is 6.42 Å². The van der Waals surface area contributed by atoms with Gasteiger partial charge in [0.15, 0.2) is 0 Å². The Kier molecular flexibility index (Phi) is 4.88. The van der Waals surface area contributed by atoms with Crippen molar-refractivity contribution in [2.45, 2.75) is 12.8 Å². The molecule has 0 spiro atoms. The molecule has 1 N–H and O–H groups in total. The zero-order valence-electron chi connectivity index (χ0n) is 8.97. The molecule has 0 heterocycles. The summed E-state index contributed by atoms with van der Waals surface area (Å²) in [5.74, 6) is 1.06. The Balaban J connectivity index is 2.53. The third kappa shape index (κ3) is 4.02. The second-order valence-corrected chi connectivity index (χ2v) is 3.49. The number of allylic oxidation sites excluding steroid dienone is 1. The van der Waals surface area contributed by atoms with Crippen molar-refractivity contribution in [2.75, 3.05) is 0 Å². The number of rotatable bonds is 5. The van der Waals surface area contributed by atoms with Crippen LogP contribution in [0, 0.1) is 18.3 Å². The molecule has 0 radical (unpaired) electrons. The lowest BCUT2D eigenvalue weighted by Gasteiger charge is -2.04. The minimum absolute atomic E-state index is 0.272. The number of carbonyl (C=O) groups is 1. The van der Waals surface area contributed by atoms with Crippen LogP contribution in [0.3, 0.4) is 0 Å². The van der Waals surface area contributed by atoms with Gasteiger partial charge in [0.25, 0.3) is 0 Å². The highest BCUT2D eigenvalue weighted by atomic mass is 16.4. The van der Waals surface area contributed by atoms with Gasteiger partial charge >= 0.3 is 5.97 Å². The van der Waals surface area contributed by atoms with Crippen molar-refractivity contribution < 1.29 is 9.90 Å². The van der Waals surface area contributed by atoms with E-state index in [1.807, 2.05) is 42.5 Å². The fourth-order valence-corrected chi connectivity index (χ4v) is 1.35. The molecule has 0 saturated carbocycles. The minimum Gasteiger partial charge on any atom is -0.481 e. The van der Waals surface area contributed by atoms with Gasteiger partial charge in [-0.2, -0.15) is 0 Å². The number of benzene rings is 1. The van der Waals surface area contributed by atoms with Gasteiger partial charge in [-0.3, -0.25) is 4.79 Å². The molecule has 0 aliphatic carbocycles. The largest absolute Gasteiger partial charge is 0.481 e. The van der Waals surface area contributed by atoms with Crippen molar-refractivity contribution in [3.8, 4) is 12.3 Å². The Labute approximate surface area is 95.6 Å². The van der Waals surface area contributed by atoms with E-state index in [1.165, 1.54) is 0 Å². The van der Waals surface area contributed by atoms with E-state index in [0.717, 1.165) is 5.56 Å². The molecule has 1 aromatic carbocycles. The van der Waals surface area contributed by atoms with E-state index >= 15 is 0 Å². The van der Waals surface area contributed by atoms with Crippen LogP contribution in [0.15, 0.2) is 36.4 Å². The Morgan fingerprint density at radius 2 is 2.12 bits per heavy atom. The van der Waals surface area contributed by atoms with Crippen LogP contribution < -0.4 is 0 Å². The first-order valence-corrected chi connectivity index (χ1v) is 5.12. The lowest BCUT2D eigenvalue weighted by atomic mass is 10.0. The first kappa shape index (κ1) is 12.1. The molecule has 0 amide bonds. The van der Waals surface area contributed by atoms with Crippen LogP contribution in [-0.4, -0.2) is 11.1 Å².